The Bertz CT molecular complexity index is 799. The number of hydrogen-bond donors (Lipinski definition) is 1. The van der Waals surface area contributed by atoms with Crippen LogP contribution in [0.3, 0.4) is 0 Å². The molecule has 1 aliphatic rings. The van der Waals surface area contributed by atoms with Gasteiger partial charge in [0.05, 0.1) is 5.56 Å². The highest BCUT2D eigenvalue weighted by Crippen LogP contribution is 2.30. The molecule has 27 heavy (non-hydrogen) atoms. The van der Waals surface area contributed by atoms with Gasteiger partial charge in [-0.1, -0.05) is 35.9 Å². The van der Waals surface area contributed by atoms with Crippen molar-refractivity contribution in [1.82, 2.24) is 9.80 Å². The first-order valence-electron chi connectivity index (χ1n) is 8.82. The Labute approximate surface area is 156 Å². The number of urea groups is 1. The van der Waals surface area contributed by atoms with Crippen LogP contribution in [0.1, 0.15) is 16.7 Å². The molecule has 0 unspecified atom stereocenters. The van der Waals surface area contributed by atoms with Crippen molar-refractivity contribution in [2.75, 3.05) is 31.5 Å². The summed E-state index contributed by atoms with van der Waals surface area (Å²) in [7, 11) is 0. The standard InChI is InChI=1S/C20H22F3N3O/c1-15-4-2-5-16(12-15)14-25-8-10-26(11-9-25)19(27)24-18-7-3-6-17(13-18)20(21,22)23/h2-7,12-13H,8-11,14H2,1H3,(H,24,27). The van der Waals surface area contributed by atoms with E-state index in [0.717, 1.165) is 31.8 Å². The number of anilines is 1. The third-order valence-corrected chi connectivity index (χ3v) is 4.59. The topological polar surface area (TPSA) is 35.6 Å². The van der Waals surface area contributed by atoms with Crippen LogP contribution in [0.2, 0.25) is 0 Å². The van der Waals surface area contributed by atoms with Crippen molar-refractivity contribution in [1.29, 1.82) is 0 Å². The largest absolute Gasteiger partial charge is 0.416 e. The van der Waals surface area contributed by atoms with E-state index in [-0.39, 0.29) is 11.7 Å². The Morgan fingerprint density at radius 3 is 2.41 bits per heavy atom. The molecule has 1 fully saturated rings. The van der Waals surface area contributed by atoms with Crippen LogP contribution in [0.5, 0.6) is 0 Å². The van der Waals surface area contributed by atoms with Crippen LogP contribution in [0.4, 0.5) is 23.7 Å². The highest BCUT2D eigenvalue weighted by atomic mass is 19.4. The zero-order chi connectivity index (χ0) is 19.4. The Kier molecular flexibility index (Phi) is 5.70. The van der Waals surface area contributed by atoms with Crippen molar-refractivity contribution in [2.24, 2.45) is 0 Å². The lowest BCUT2D eigenvalue weighted by Crippen LogP contribution is -2.49. The molecule has 144 valence electrons. The Hall–Kier alpha value is -2.54. The number of nitrogens with one attached hydrogen (secondary N) is 1. The van der Waals surface area contributed by atoms with E-state index in [1.54, 1.807) is 4.90 Å². The van der Waals surface area contributed by atoms with Crippen molar-refractivity contribution in [2.45, 2.75) is 19.6 Å². The van der Waals surface area contributed by atoms with Gasteiger partial charge in [0.15, 0.2) is 0 Å². The van der Waals surface area contributed by atoms with E-state index in [4.69, 9.17) is 0 Å². The molecule has 2 amide bonds. The second-order valence-electron chi connectivity index (χ2n) is 6.76. The average Bonchev–Trinajstić information content (AvgIpc) is 2.62. The summed E-state index contributed by atoms with van der Waals surface area (Å²) in [5, 5.41) is 2.56. The van der Waals surface area contributed by atoms with E-state index < -0.39 is 11.7 Å². The molecule has 0 saturated carbocycles. The van der Waals surface area contributed by atoms with Gasteiger partial charge in [0.25, 0.3) is 0 Å². The molecule has 1 N–H and O–H groups in total. The summed E-state index contributed by atoms with van der Waals surface area (Å²) in [5.41, 5.74) is 1.82. The first-order valence-corrected chi connectivity index (χ1v) is 8.82. The zero-order valence-corrected chi connectivity index (χ0v) is 15.1. The van der Waals surface area contributed by atoms with Gasteiger partial charge < -0.3 is 10.2 Å². The molecule has 0 bridgehead atoms. The summed E-state index contributed by atoms with van der Waals surface area (Å²) in [4.78, 5) is 16.3. The molecular formula is C20H22F3N3O. The van der Waals surface area contributed by atoms with Crippen molar-refractivity contribution in [3.8, 4) is 0 Å². The van der Waals surface area contributed by atoms with Gasteiger partial charge in [-0.2, -0.15) is 13.2 Å². The lowest BCUT2D eigenvalue weighted by molar-refractivity contribution is -0.137. The summed E-state index contributed by atoms with van der Waals surface area (Å²) in [6, 6.07) is 12.6. The molecule has 3 rings (SSSR count). The van der Waals surface area contributed by atoms with E-state index in [2.05, 4.69) is 35.3 Å². The molecule has 7 heteroatoms. The predicted octanol–water partition coefficient (Wildman–Crippen LogP) is 4.36. The van der Waals surface area contributed by atoms with Crippen molar-refractivity contribution >= 4 is 11.7 Å². The van der Waals surface area contributed by atoms with E-state index in [0.29, 0.717) is 13.1 Å². The monoisotopic (exact) mass is 377 g/mol. The third-order valence-electron chi connectivity index (χ3n) is 4.59. The quantitative estimate of drug-likeness (QED) is 0.863. The molecule has 1 heterocycles. The van der Waals surface area contributed by atoms with Crippen LogP contribution in [0.15, 0.2) is 48.5 Å². The highest BCUT2D eigenvalue weighted by molar-refractivity contribution is 5.89. The number of piperazine rings is 1. The fourth-order valence-corrected chi connectivity index (χ4v) is 3.15. The lowest BCUT2D eigenvalue weighted by Gasteiger charge is -2.34. The number of amides is 2. The maximum atomic E-state index is 12.8. The third kappa shape index (κ3) is 5.23. The SMILES string of the molecule is Cc1cccc(CN2CCN(C(=O)Nc3cccc(C(F)(F)F)c3)CC2)c1. The maximum absolute atomic E-state index is 12.8. The molecule has 4 nitrogen and oxygen atoms in total. The number of halogens is 3. The number of benzene rings is 2. The fraction of sp³-hybridized carbons (Fsp3) is 0.350. The zero-order valence-electron chi connectivity index (χ0n) is 15.1. The van der Waals surface area contributed by atoms with Crippen molar-refractivity contribution < 1.29 is 18.0 Å². The molecule has 2 aromatic rings. The van der Waals surface area contributed by atoms with Crippen LogP contribution < -0.4 is 5.32 Å². The minimum absolute atomic E-state index is 0.150. The lowest BCUT2D eigenvalue weighted by atomic mass is 10.1. The van der Waals surface area contributed by atoms with Gasteiger partial charge in [-0.3, -0.25) is 4.90 Å². The molecule has 0 spiro atoms. The second-order valence-corrected chi connectivity index (χ2v) is 6.76. The van der Waals surface area contributed by atoms with E-state index >= 15 is 0 Å². The van der Waals surface area contributed by atoms with Gasteiger partial charge in [0.1, 0.15) is 0 Å². The Balaban J connectivity index is 1.53. The minimum Gasteiger partial charge on any atom is -0.322 e. The van der Waals surface area contributed by atoms with Gasteiger partial charge in [-0.25, -0.2) is 4.79 Å². The summed E-state index contributed by atoms with van der Waals surface area (Å²) < 4.78 is 38.3. The molecule has 1 saturated heterocycles. The second kappa shape index (κ2) is 8.00. The Morgan fingerprint density at radius 2 is 1.74 bits per heavy atom. The minimum atomic E-state index is -4.43. The van der Waals surface area contributed by atoms with Crippen molar-refractivity contribution in [3.05, 3.63) is 65.2 Å². The fourth-order valence-electron chi connectivity index (χ4n) is 3.15. The molecule has 1 aliphatic heterocycles. The van der Waals surface area contributed by atoms with Gasteiger partial charge in [0, 0.05) is 38.4 Å². The van der Waals surface area contributed by atoms with Crippen LogP contribution in [0.25, 0.3) is 0 Å². The first kappa shape index (κ1) is 19.2. The maximum Gasteiger partial charge on any atom is 0.416 e. The number of nitrogens with zero attached hydrogens (tertiary/aromatic N) is 2. The van der Waals surface area contributed by atoms with E-state index in [1.807, 2.05) is 6.07 Å². The average molecular weight is 377 g/mol. The van der Waals surface area contributed by atoms with Gasteiger partial charge in [0.2, 0.25) is 0 Å². The van der Waals surface area contributed by atoms with E-state index in [9.17, 15) is 18.0 Å². The highest BCUT2D eigenvalue weighted by Gasteiger charge is 2.30. The van der Waals surface area contributed by atoms with Gasteiger partial charge in [-0.05, 0) is 30.7 Å². The number of alkyl halides is 3. The number of aryl methyl sites for hydroxylation is 1. The predicted molar refractivity (Wildman–Crippen MR) is 98.5 cm³/mol. The van der Waals surface area contributed by atoms with Crippen molar-refractivity contribution in [3.63, 3.8) is 0 Å². The summed E-state index contributed by atoms with van der Waals surface area (Å²) in [6.07, 6.45) is -4.43. The Morgan fingerprint density at radius 1 is 1.04 bits per heavy atom. The van der Waals surface area contributed by atoms with Gasteiger partial charge >= 0.3 is 12.2 Å². The number of hydrogen-bond acceptors (Lipinski definition) is 2. The summed E-state index contributed by atoms with van der Waals surface area (Å²) >= 11 is 0. The number of rotatable bonds is 3. The molecule has 0 aliphatic carbocycles. The molecule has 2 aromatic carbocycles. The van der Waals surface area contributed by atoms with Crippen LogP contribution in [-0.2, 0) is 12.7 Å². The molecule has 0 radical (unpaired) electrons. The summed E-state index contributed by atoms with van der Waals surface area (Å²) in [6.45, 7) is 5.41. The smallest absolute Gasteiger partial charge is 0.322 e. The number of carbonyl (C=O) groups is 1. The summed E-state index contributed by atoms with van der Waals surface area (Å²) in [5.74, 6) is 0. The van der Waals surface area contributed by atoms with Crippen LogP contribution in [-0.4, -0.2) is 42.0 Å². The molecular weight excluding hydrogens is 355 g/mol. The van der Waals surface area contributed by atoms with Crippen LogP contribution in [0, 0.1) is 6.92 Å². The number of carbonyl (C=O) groups excluding carboxylic acids is 1. The molecule has 0 aromatic heterocycles. The van der Waals surface area contributed by atoms with Gasteiger partial charge in [-0.15, -0.1) is 0 Å². The molecule has 0 atom stereocenters. The first-order chi connectivity index (χ1) is 12.8. The normalized spacial score (nSPS) is 15.6. The van der Waals surface area contributed by atoms with E-state index in [1.165, 1.54) is 23.3 Å². The van der Waals surface area contributed by atoms with Crippen LogP contribution >= 0.6 is 0 Å².